The molecule has 2 heteroatoms. The molecule has 1 N–H and O–H groups in total. The predicted molar refractivity (Wildman–Crippen MR) is 75.5 cm³/mol. The highest BCUT2D eigenvalue weighted by atomic mass is 32.1. The normalized spacial score (nSPS) is 11.8. The summed E-state index contributed by atoms with van der Waals surface area (Å²) in [6, 6.07) is 14.9. The van der Waals surface area contributed by atoms with E-state index in [4.69, 9.17) is 5.11 Å². The maximum Gasteiger partial charge on any atom is 0.0615 e. The second kappa shape index (κ2) is 4.32. The van der Waals surface area contributed by atoms with Gasteiger partial charge in [0.2, 0.25) is 0 Å². The quantitative estimate of drug-likeness (QED) is 0.716. The third-order valence-corrected chi connectivity index (χ3v) is 3.97. The van der Waals surface area contributed by atoms with Gasteiger partial charge in [-0.3, -0.25) is 0 Å². The van der Waals surface area contributed by atoms with Gasteiger partial charge in [0.05, 0.1) is 6.61 Å². The molecule has 2 aromatic carbocycles. The van der Waals surface area contributed by atoms with Crippen LogP contribution in [0.1, 0.15) is 5.56 Å². The number of hydrogen-bond acceptors (Lipinski definition) is 2. The minimum atomic E-state index is 0.0857. The van der Waals surface area contributed by atoms with E-state index in [2.05, 4.69) is 42.5 Å². The molecule has 1 heterocycles. The molecule has 1 aromatic heterocycles. The van der Waals surface area contributed by atoms with Crippen LogP contribution in [0.15, 0.2) is 48.5 Å². The van der Waals surface area contributed by atoms with Crippen molar-refractivity contribution >= 4 is 37.6 Å². The maximum atomic E-state index is 8.79. The smallest absolute Gasteiger partial charge is 0.0615 e. The van der Waals surface area contributed by atoms with E-state index in [1.807, 2.05) is 17.4 Å². The van der Waals surface area contributed by atoms with Crippen molar-refractivity contribution in [2.75, 3.05) is 6.61 Å². The summed E-state index contributed by atoms with van der Waals surface area (Å²) >= 11 is 1.82. The van der Waals surface area contributed by atoms with Crippen LogP contribution in [0.25, 0.3) is 26.2 Å². The average Bonchev–Trinajstić information content (AvgIpc) is 2.74. The number of hydrogen-bond donors (Lipinski definition) is 1. The van der Waals surface area contributed by atoms with Crippen molar-refractivity contribution < 1.29 is 5.11 Å². The van der Waals surface area contributed by atoms with Crippen LogP contribution in [0.5, 0.6) is 0 Å². The van der Waals surface area contributed by atoms with Crippen molar-refractivity contribution in [2.24, 2.45) is 0 Å². The Morgan fingerprint density at radius 1 is 1.00 bits per heavy atom. The van der Waals surface area contributed by atoms with Crippen molar-refractivity contribution in [3.63, 3.8) is 0 Å². The third kappa shape index (κ3) is 1.86. The Bertz CT molecular complexity index is 694. The molecule has 0 amide bonds. The molecule has 1 nitrogen and oxygen atoms in total. The van der Waals surface area contributed by atoms with E-state index < -0.39 is 0 Å². The van der Waals surface area contributed by atoms with Gasteiger partial charge in [-0.1, -0.05) is 36.4 Å². The van der Waals surface area contributed by atoms with E-state index in [1.54, 1.807) is 6.08 Å². The molecule has 0 atom stereocenters. The van der Waals surface area contributed by atoms with Crippen molar-refractivity contribution in [1.29, 1.82) is 0 Å². The van der Waals surface area contributed by atoms with Crippen LogP contribution in [0.4, 0.5) is 0 Å². The first-order valence-corrected chi connectivity index (χ1v) is 6.39. The van der Waals surface area contributed by atoms with E-state index in [0.717, 1.165) is 5.56 Å². The molecule has 0 saturated carbocycles. The number of benzene rings is 2. The molecule has 0 fully saturated rings. The van der Waals surface area contributed by atoms with E-state index in [-0.39, 0.29) is 6.61 Å². The van der Waals surface area contributed by atoms with Crippen LogP contribution in [0.2, 0.25) is 0 Å². The standard InChI is InChI=1S/C15H12OS/c16-9-3-4-11-7-8-15-13(10-11)12-5-1-2-6-14(12)17-15/h1-8,10,16H,9H2. The Hall–Kier alpha value is -1.64. The van der Waals surface area contributed by atoms with Crippen LogP contribution in [-0.2, 0) is 0 Å². The molecule has 0 spiro atoms. The van der Waals surface area contributed by atoms with Gasteiger partial charge in [-0.05, 0) is 23.8 Å². The van der Waals surface area contributed by atoms with Gasteiger partial charge in [-0.25, -0.2) is 0 Å². The molecule has 0 radical (unpaired) electrons. The largest absolute Gasteiger partial charge is 0.392 e. The van der Waals surface area contributed by atoms with Crippen LogP contribution >= 0.6 is 11.3 Å². The Kier molecular flexibility index (Phi) is 2.67. The molecule has 0 aliphatic heterocycles. The predicted octanol–water partition coefficient (Wildman–Crippen LogP) is 4.06. The van der Waals surface area contributed by atoms with Crippen molar-refractivity contribution in [2.45, 2.75) is 0 Å². The van der Waals surface area contributed by atoms with Gasteiger partial charge in [0.15, 0.2) is 0 Å². The fourth-order valence-corrected chi connectivity index (χ4v) is 3.12. The van der Waals surface area contributed by atoms with Gasteiger partial charge < -0.3 is 5.11 Å². The van der Waals surface area contributed by atoms with Crippen molar-refractivity contribution in [3.05, 3.63) is 54.1 Å². The number of aliphatic hydroxyl groups is 1. The lowest BCUT2D eigenvalue weighted by molar-refractivity contribution is 0.343. The lowest BCUT2D eigenvalue weighted by Gasteiger charge is -1.95. The number of rotatable bonds is 2. The monoisotopic (exact) mass is 240 g/mol. The fourth-order valence-electron chi connectivity index (χ4n) is 2.04. The minimum absolute atomic E-state index is 0.0857. The molecule has 17 heavy (non-hydrogen) atoms. The maximum absolute atomic E-state index is 8.79. The molecule has 3 aromatic rings. The van der Waals surface area contributed by atoms with E-state index in [0.29, 0.717) is 0 Å². The SMILES string of the molecule is OCC=Cc1ccc2sc3ccccc3c2c1. The zero-order valence-corrected chi connectivity index (χ0v) is 10.1. The molecular weight excluding hydrogens is 228 g/mol. The molecule has 0 aliphatic rings. The first kappa shape index (κ1) is 10.5. The molecule has 0 aliphatic carbocycles. The highest BCUT2D eigenvalue weighted by Gasteiger charge is 2.03. The number of fused-ring (bicyclic) bond motifs is 3. The van der Waals surface area contributed by atoms with E-state index in [9.17, 15) is 0 Å². The highest BCUT2D eigenvalue weighted by Crippen LogP contribution is 2.34. The average molecular weight is 240 g/mol. The van der Waals surface area contributed by atoms with Gasteiger partial charge in [0.25, 0.3) is 0 Å². The Morgan fingerprint density at radius 2 is 1.82 bits per heavy atom. The summed E-state index contributed by atoms with van der Waals surface area (Å²) in [7, 11) is 0. The number of thiophene rings is 1. The molecule has 84 valence electrons. The van der Waals surface area contributed by atoms with Gasteiger partial charge in [0, 0.05) is 20.2 Å². The second-order valence-corrected chi connectivity index (χ2v) is 5.02. The Balaban J connectivity index is 2.26. The summed E-state index contributed by atoms with van der Waals surface area (Å²) in [6.07, 6.45) is 3.71. The zero-order chi connectivity index (χ0) is 11.7. The summed E-state index contributed by atoms with van der Waals surface area (Å²) in [6.45, 7) is 0.0857. The third-order valence-electron chi connectivity index (χ3n) is 2.82. The summed E-state index contributed by atoms with van der Waals surface area (Å²) in [5.74, 6) is 0. The summed E-state index contributed by atoms with van der Waals surface area (Å²) < 4.78 is 2.64. The molecular formula is C15H12OS. The van der Waals surface area contributed by atoms with Crippen LogP contribution < -0.4 is 0 Å². The van der Waals surface area contributed by atoms with E-state index >= 15 is 0 Å². The van der Waals surface area contributed by atoms with Gasteiger partial charge in [0.1, 0.15) is 0 Å². The zero-order valence-electron chi connectivity index (χ0n) is 9.26. The fraction of sp³-hybridized carbons (Fsp3) is 0.0667. The van der Waals surface area contributed by atoms with Crippen LogP contribution in [0, 0.1) is 0 Å². The molecule has 3 rings (SSSR count). The van der Waals surface area contributed by atoms with Crippen LogP contribution in [0.3, 0.4) is 0 Å². The van der Waals surface area contributed by atoms with Gasteiger partial charge in [-0.2, -0.15) is 0 Å². The molecule has 0 unspecified atom stereocenters. The second-order valence-electron chi connectivity index (χ2n) is 3.94. The lowest BCUT2D eigenvalue weighted by Crippen LogP contribution is -1.74. The first-order chi connectivity index (χ1) is 8.38. The van der Waals surface area contributed by atoms with Crippen molar-refractivity contribution in [1.82, 2.24) is 0 Å². The van der Waals surface area contributed by atoms with Crippen LogP contribution in [-0.4, -0.2) is 11.7 Å². The summed E-state index contributed by atoms with van der Waals surface area (Å²) in [5, 5.41) is 11.4. The minimum Gasteiger partial charge on any atom is -0.392 e. The molecule has 0 bridgehead atoms. The topological polar surface area (TPSA) is 20.2 Å². The number of aliphatic hydroxyl groups excluding tert-OH is 1. The Labute approximate surface area is 104 Å². The highest BCUT2D eigenvalue weighted by molar-refractivity contribution is 7.25. The van der Waals surface area contributed by atoms with Gasteiger partial charge in [-0.15, -0.1) is 11.3 Å². The Morgan fingerprint density at radius 3 is 2.71 bits per heavy atom. The summed E-state index contributed by atoms with van der Waals surface area (Å²) in [5.41, 5.74) is 1.13. The van der Waals surface area contributed by atoms with Gasteiger partial charge >= 0.3 is 0 Å². The van der Waals surface area contributed by atoms with Crippen molar-refractivity contribution in [3.8, 4) is 0 Å². The summed E-state index contributed by atoms with van der Waals surface area (Å²) in [4.78, 5) is 0. The van der Waals surface area contributed by atoms with E-state index in [1.165, 1.54) is 20.2 Å². The lowest BCUT2D eigenvalue weighted by atomic mass is 10.1. The first-order valence-electron chi connectivity index (χ1n) is 5.57. The molecule has 0 saturated heterocycles.